The molecule has 0 saturated carbocycles. The fourth-order valence-electron chi connectivity index (χ4n) is 2.31. The molecule has 0 fully saturated rings. The van der Waals surface area contributed by atoms with E-state index in [1.807, 2.05) is 0 Å². The molecule has 0 saturated heterocycles. The number of para-hydroxylation sites is 3. The Hall–Kier alpha value is -3.14. The maximum absolute atomic E-state index is 13.1. The number of carboxylic acid groups (broad SMARTS) is 1. The lowest BCUT2D eigenvalue weighted by molar-refractivity contribution is -0.387. The van der Waals surface area contributed by atoms with Crippen molar-refractivity contribution in [3.63, 3.8) is 0 Å². The molecule has 0 amide bonds. The highest BCUT2D eigenvalue weighted by molar-refractivity contribution is 7.93. The third kappa shape index (κ3) is 3.91. The topological polar surface area (TPSA) is 127 Å². The SMILES string of the molecule is CCOc1ccccc1N(CC(=O)O)S(=O)(=O)c1ccccc1[N+](=O)[O-]. The number of benzene rings is 2. The van der Waals surface area contributed by atoms with Gasteiger partial charge in [-0.25, -0.2) is 8.42 Å². The van der Waals surface area contributed by atoms with Crippen LogP contribution in [0.1, 0.15) is 6.92 Å². The minimum absolute atomic E-state index is 0.0186. The van der Waals surface area contributed by atoms with Crippen LogP contribution in [0, 0.1) is 10.1 Å². The Morgan fingerprint density at radius 2 is 1.81 bits per heavy atom. The first-order valence-electron chi connectivity index (χ1n) is 7.48. The van der Waals surface area contributed by atoms with Crippen LogP contribution in [0.4, 0.5) is 11.4 Å². The van der Waals surface area contributed by atoms with Gasteiger partial charge < -0.3 is 9.84 Å². The fraction of sp³-hybridized carbons (Fsp3) is 0.188. The summed E-state index contributed by atoms with van der Waals surface area (Å²) in [5.74, 6) is -1.27. The van der Waals surface area contributed by atoms with Gasteiger partial charge in [0.05, 0.1) is 17.2 Å². The van der Waals surface area contributed by atoms with Gasteiger partial charge in [0.2, 0.25) is 0 Å². The molecule has 0 aliphatic heterocycles. The molecular weight excluding hydrogens is 364 g/mol. The Morgan fingerprint density at radius 1 is 1.19 bits per heavy atom. The largest absolute Gasteiger partial charge is 0.492 e. The van der Waals surface area contributed by atoms with Crippen molar-refractivity contribution in [2.75, 3.05) is 17.5 Å². The number of sulfonamides is 1. The number of nitro groups is 1. The maximum Gasteiger partial charge on any atom is 0.324 e. The second kappa shape index (κ2) is 7.83. The lowest BCUT2D eigenvalue weighted by Gasteiger charge is -2.24. The summed E-state index contributed by atoms with van der Waals surface area (Å²) in [6.07, 6.45) is 0. The summed E-state index contributed by atoms with van der Waals surface area (Å²) in [7, 11) is -4.53. The van der Waals surface area contributed by atoms with E-state index in [4.69, 9.17) is 4.74 Å². The minimum atomic E-state index is -4.53. The molecule has 0 aromatic heterocycles. The molecule has 0 radical (unpaired) electrons. The first-order chi connectivity index (χ1) is 12.3. The molecule has 0 atom stereocenters. The number of nitro benzene ring substituents is 1. The van der Waals surface area contributed by atoms with E-state index >= 15 is 0 Å². The maximum atomic E-state index is 13.1. The summed E-state index contributed by atoms with van der Waals surface area (Å²) in [5, 5.41) is 20.4. The van der Waals surface area contributed by atoms with Crippen molar-refractivity contribution in [2.45, 2.75) is 11.8 Å². The molecule has 0 unspecified atom stereocenters. The molecule has 26 heavy (non-hydrogen) atoms. The number of ether oxygens (including phenoxy) is 1. The van der Waals surface area contributed by atoms with Crippen molar-refractivity contribution >= 4 is 27.4 Å². The zero-order valence-electron chi connectivity index (χ0n) is 13.7. The van der Waals surface area contributed by atoms with E-state index in [1.54, 1.807) is 13.0 Å². The zero-order chi connectivity index (χ0) is 19.3. The second-order valence-corrected chi connectivity index (χ2v) is 6.86. The molecule has 0 spiro atoms. The standard InChI is InChI=1S/C16H16N2O7S/c1-2-25-14-9-5-3-7-12(14)17(11-16(19)20)26(23,24)15-10-6-4-8-13(15)18(21)22/h3-10H,2,11H2,1H3,(H,19,20). The Labute approximate surface area is 149 Å². The molecule has 2 rings (SSSR count). The number of rotatable bonds is 8. The minimum Gasteiger partial charge on any atom is -0.492 e. The molecule has 0 heterocycles. The summed E-state index contributed by atoms with van der Waals surface area (Å²) >= 11 is 0. The van der Waals surface area contributed by atoms with E-state index in [-0.39, 0.29) is 18.0 Å². The van der Waals surface area contributed by atoms with Gasteiger partial charge in [0.1, 0.15) is 12.3 Å². The van der Waals surface area contributed by atoms with Crippen LogP contribution in [-0.2, 0) is 14.8 Å². The number of carbonyl (C=O) groups is 1. The molecule has 138 valence electrons. The third-order valence-electron chi connectivity index (χ3n) is 3.34. The van der Waals surface area contributed by atoms with Crippen molar-refractivity contribution in [2.24, 2.45) is 0 Å². The van der Waals surface area contributed by atoms with E-state index < -0.39 is 38.0 Å². The number of carboxylic acids is 1. The number of nitrogens with zero attached hydrogens (tertiary/aromatic N) is 2. The van der Waals surface area contributed by atoms with E-state index in [0.717, 1.165) is 12.1 Å². The van der Waals surface area contributed by atoms with Gasteiger partial charge in [-0.1, -0.05) is 24.3 Å². The Kier molecular flexibility index (Phi) is 5.78. The van der Waals surface area contributed by atoms with Gasteiger partial charge in [-0.2, -0.15) is 0 Å². The van der Waals surface area contributed by atoms with Gasteiger partial charge in [0.25, 0.3) is 15.7 Å². The molecule has 10 heteroatoms. The van der Waals surface area contributed by atoms with Crippen LogP contribution in [0.25, 0.3) is 0 Å². The predicted molar refractivity (Wildman–Crippen MR) is 92.9 cm³/mol. The Balaban J connectivity index is 2.68. The van der Waals surface area contributed by atoms with Crippen LogP contribution in [0.3, 0.4) is 0 Å². The quantitative estimate of drug-likeness (QED) is 0.550. The monoisotopic (exact) mass is 380 g/mol. The average molecular weight is 380 g/mol. The lowest BCUT2D eigenvalue weighted by atomic mass is 10.3. The first kappa shape index (κ1) is 19.2. The Bertz CT molecular complexity index is 928. The molecule has 9 nitrogen and oxygen atoms in total. The summed E-state index contributed by atoms with van der Waals surface area (Å²) in [4.78, 5) is 21.0. The van der Waals surface area contributed by atoms with E-state index in [0.29, 0.717) is 4.31 Å². The van der Waals surface area contributed by atoms with E-state index in [9.17, 15) is 28.4 Å². The fourth-order valence-corrected chi connectivity index (χ4v) is 3.89. The summed E-state index contributed by atoms with van der Waals surface area (Å²) in [6, 6.07) is 10.7. The smallest absolute Gasteiger partial charge is 0.324 e. The van der Waals surface area contributed by atoms with Crippen LogP contribution >= 0.6 is 0 Å². The second-order valence-electron chi connectivity index (χ2n) is 5.03. The van der Waals surface area contributed by atoms with Gasteiger partial charge >= 0.3 is 5.97 Å². The van der Waals surface area contributed by atoms with Crippen LogP contribution < -0.4 is 9.04 Å². The molecule has 2 aromatic carbocycles. The molecule has 1 N–H and O–H groups in total. The van der Waals surface area contributed by atoms with E-state index in [2.05, 4.69) is 0 Å². The average Bonchev–Trinajstić information content (AvgIpc) is 2.60. The van der Waals surface area contributed by atoms with E-state index in [1.165, 1.54) is 30.3 Å². The van der Waals surface area contributed by atoms with Crippen molar-refractivity contribution in [1.82, 2.24) is 0 Å². The highest BCUT2D eigenvalue weighted by atomic mass is 32.2. The predicted octanol–water partition coefficient (Wildman–Crippen LogP) is 2.27. The number of anilines is 1. The first-order valence-corrected chi connectivity index (χ1v) is 8.92. The normalized spacial score (nSPS) is 11.0. The van der Waals surface area contributed by atoms with Crippen LogP contribution in [0.5, 0.6) is 5.75 Å². The van der Waals surface area contributed by atoms with Gasteiger partial charge in [-0.05, 0) is 25.1 Å². The van der Waals surface area contributed by atoms with Crippen LogP contribution in [-0.4, -0.2) is 37.6 Å². The lowest BCUT2D eigenvalue weighted by Crippen LogP contribution is -2.36. The summed E-state index contributed by atoms with van der Waals surface area (Å²) < 4.78 is 32.1. The van der Waals surface area contributed by atoms with Gasteiger partial charge in [0.15, 0.2) is 4.90 Å². The number of aliphatic carboxylic acids is 1. The number of hydrogen-bond acceptors (Lipinski definition) is 6. The Morgan fingerprint density at radius 3 is 2.42 bits per heavy atom. The molecule has 2 aromatic rings. The highest BCUT2D eigenvalue weighted by Crippen LogP contribution is 2.34. The third-order valence-corrected chi connectivity index (χ3v) is 5.15. The van der Waals surface area contributed by atoms with Crippen molar-refractivity contribution in [1.29, 1.82) is 0 Å². The van der Waals surface area contributed by atoms with Crippen LogP contribution in [0.15, 0.2) is 53.4 Å². The molecule has 0 bridgehead atoms. The van der Waals surface area contributed by atoms with Gasteiger partial charge in [-0.15, -0.1) is 0 Å². The number of hydrogen-bond donors (Lipinski definition) is 1. The van der Waals surface area contributed by atoms with Crippen molar-refractivity contribution < 1.29 is 28.0 Å². The highest BCUT2D eigenvalue weighted by Gasteiger charge is 2.34. The zero-order valence-corrected chi connectivity index (χ0v) is 14.5. The molecule has 0 aliphatic rings. The summed E-state index contributed by atoms with van der Waals surface area (Å²) in [6.45, 7) is 0.997. The molecule has 0 aliphatic carbocycles. The van der Waals surface area contributed by atoms with Crippen molar-refractivity contribution in [3.8, 4) is 5.75 Å². The van der Waals surface area contributed by atoms with Crippen molar-refractivity contribution in [3.05, 3.63) is 58.6 Å². The van der Waals surface area contributed by atoms with Gasteiger partial charge in [0, 0.05) is 6.07 Å². The summed E-state index contributed by atoms with van der Waals surface area (Å²) in [5.41, 5.74) is -0.660. The van der Waals surface area contributed by atoms with Gasteiger partial charge in [-0.3, -0.25) is 19.2 Å². The molecular formula is C16H16N2O7S. The van der Waals surface area contributed by atoms with Crippen LogP contribution in [0.2, 0.25) is 0 Å².